The van der Waals surface area contributed by atoms with E-state index < -0.39 is 36.5 Å². The molecule has 252 valence electrons. The minimum absolute atomic E-state index is 0.0250. The SMILES string of the molecule is COc1c(C[C@H](NC(O)Cc2nnnn2CC2CCNCC2)B2O[C@@H]3C[C@@H]4C[C@@H](C4(C)C)[C@]3(C)O2)cccc1C(=O)OC(C)(C)C. The van der Waals surface area contributed by atoms with Crippen LogP contribution in [0.15, 0.2) is 18.2 Å². The molecule has 0 amide bonds. The molecule has 2 aliphatic heterocycles. The quantitative estimate of drug-likeness (QED) is 0.190. The molecule has 1 aromatic carbocycles. The molecular formula is C33H51BN6O6. The van der Waals surface area contributed by atoms with Crippen molar-refractivity contribution in [2.75, 3.05) is 20.2 Å². The van der Waals surface area contributed by atoms with E-state index in [0.717, 1.165) is 50.9 Å². The Morgan fingerprint density at radius 2 is 1.98 bits per heavy atom. The van der Waals surface area contributed by atoms with Crippen LogP contribution in [-0.4, -0.2) is 88.1 Å². The minimum atomic E-state index is -0.976. The van der Waals surface area contributed by atoms with Gasteiger partial charge in [-0.2, -0.15) is 0 Å². The number of para-hydroxylation sites is 1. The van der Waals surface area contributed by atoms with E-state index in [4.69, 9.17) is 18.8 Å². The molecule has 46 heavy (non-hydrogen) atoms. The van der Waals surface area contributed by atoms with Gasteiger partial charge in [0.25, 0.3) is 0 Å². The van der Waals surface area contributed by atoms with Crippen molar-refractivity contribution in [1.29, 1.82) is 0 Å². The van der Waals surface area contributed by atoms with Crippen LogP contribution in [0.25, 0.3) is 0 Å². The largest absolute Gasteiger partial charge is 0.496 e. The van der Waals surface area contributed by atoms with E-state index in [9.17, 15) is 9.90 Å². The first kappa shape index (κ1) is 33.3. The molecule has 3 N–H and O–H groups in total. The number of benzene rings is 1. The number of hydrogen-bond donors (Lipinski definition) is 3. The third-order valence-electron chi connectivity index (χ3n) is 10.9. The van der Waals surface area contributed by atoms with E-state index in [2.05, 4.69) is 46.9 Å². The molecular weight excluding hydrogens is 587 g/mol. The molecule has 2 saturated heterocycles. The van der Waals surface area contributed by atoms with Gasteiger partial charge in [-0.25, -0.2) is 9.48 Å². The van der Waals surface area contributed by atoms with Crippen molar-refractivity contribution in [1.82, 2.24) is 30.8 Å². The molecule has 5 fully saturated rings. The number of carbonyl (C=O) groups excluding carboxylic acids is 1. The molecule has 3 heterocycles. The van der Waals surface area contributed by atoms with Gasteiger partial charge in [0.2, 0.25) is 0 Å². The van der Waals surface area contributed by atoms with Gasteiger partial charge < -0.3 is 29.2 Å². The summed E-state index contributed by atoms with van der Waals surface area (Å²) in [5.41, 5.74) is 0.254. The molecule has 5 aliphatic rings. The summed E-state index contributed by atoms with van der Waals surface area (Å²) in [6.07, 6.45) is 3.83. The molecule has 7 rings (SSSR count). The van der Waals surface area contributed by atoms with Crippen LogP contribution in [0.2, 0.25) is 0 Å². The average Bonchev–Trinajstić information content (AvgIpc) is 3.58. The van der Waals surface area contributed by atoms with Crippen LogP contribution in [0.5, 0.6) is 5.75 Å². The van der Waals surface area contributed by atoms with Gasteiger partial charge in [0.15, 0.2) is 5.82 Å². The van der Waals surface area contributed by atoms with E-state index >= 15 is 0 Å². The van der Waals surface area contributed by atoms with Crippen LogP contribution in [0.3, 0.4) is 0 Å². The maximum Gasteiger partial charge on any atom is 0.476 e. The van der Waals surface area contributed by atoms with E-state index in [1.807, 2.05) is 37.6 Å². The Hall–Kier alpha value is -2.58. The molecule has 6 atom stereocenters. The summed E-state index contributed by atoms with van der Waals surface area (Å²) in [6, 6.07) is 5.47. The smallest absolute Gasteiger partial charge is 0.476 e. The average molecular weight is 639 g/mol. The van der Waals surface area contributed by atoms with E-state index in [0.29, 0.717) is 41.3 Å². The molecule has 1 unspecified atom stereocenters. The van der Waals surface area contributed by atoms with Crippen LogP contribution < -0.4 is 15.4 Å². The summed E-state index contributed by atoms with van der Waals surface area (Å²) in [4.78, 5) is 13.1. The maximum absolute atomic E-state index is 13.1. The highest BCUT2D eigenvalue weighted by molar-refractivity contribution is 6.47. The molecule has 2 aromatic rings. The molecule has 3 saturated carbocycles. The summed E-state index contributed by atoms with van der Waals surface area (Å²) in [7, 11) is 0.931. The lowest BCUT2D eigenvalue weighted by Gasteiger charge is -2.64. The highest BCUT2D eigenvalue weighted by atomic mass is 16.7. The number of hydrogen-bond acceptors (Lipinski definition) is 11. The van der Waals surface area contributed by atoms with Crippen molar-refractivity contribution >= 4 is 13.1 Å². The zero-order valence-corrected chi connectivity index (χ0v) is 28.4. The lowest BCUT2D eigenvalue weighted by molar-refractivity contribution is -0.199. The topological polar surface area (TPSA) is 142 Å². The number of carbonyl (C=O) groups is 1. The standard InChI is InChI=1S/C33H51BN6O6/c1-31(2,3)44-30(42)23-10-8-9-21(29(23)43-7)15-26(34-45-25-17-22-16-24(32(22,4)5)33(25,6)46-34)36-28(41)18-27-37-38-39-40(27)19-20-11-13-35-14-12-20/h8-10,20,22,24-26,28,35-36,41H,11-19H2,1-7H3/t22-,24-,25+,26-,28?,33-/m0/s1. The number of rotatable bonds is 11. The molecule has 1 aromatic heterocycles. The van der Waals surface area contributed by atoms with Crippen LogP contribution in [0.4, 0.5) is 0 Å². The Kier molecular flexibility index (Phi) is 9.27. The first-order valence-corrected chi connectivity index (χ1v) is 16.9. The summed E-state index contributed by atoms with van der Waals surface area (Å²) in [5.74, 6) is 1.64. The van der Waals surface area contributed by atoms with Crippen molar-refractivity contribution < 1.29 is 28.7 Å². The fourth-order valence-corrected chi connectivity index (χ4v) is 8.32. The number of esters is 1. The van der Waals surface area contributed by atoms with Gasteiger partial charge >= 0.3 is 13.1 Å². The zero-order chi connectivity index (χ0) is 32.9. The fourth-order valence-electron chi connectivity index (χ4n) is 8.32. The Balaban J connectivity index is 1.24. The van der Waals surface area contributed by atoms with Gasteiger partial charge in [0.1, 0.15) is 23.1 Å². The third-order valence-corrected chi connectivity index (χ3v) is 10.9. The number of aliphatic hydroxyl groups is 1. The molecule has 0 radical (unpaired) electrons. The number of ether oxygens (including phenoxy) is 2. The van der Waals surface area contributed by atoms with Crippen LogP contribution in [0, 0.1) is 23.2 Å². The zero-order valence-electron chi connectivity index (χ0n) is 28.4. The van der Waals surface area contributed by atoms with Gasteiger partial charge in [0, 0.05) is 18.9 Å². The molecule has 2 bridgehead atoms. The van der Waals surface area contributed by atoms with Crippen LogP contribution in [0.1, 0.15) is 89.0 Å². The number of nitrogens with one attached hydrogen (secondary N) is 2. The van der Waals surface area contributed by atoms with Gasteiger partial charge in [-0.05, 0) is 118 Å². The lowest BCUT2D eigenvalue weighted by Crippen LogP contribution is -2.65. The molecule has 12 nitrogen and oxygen atoms in total. The molecule has 13 heteroatoms. The minimum Gasteiger partial charge on any atom is -0.496 e. The Morgan fingerprint density at radius 1 is 1.22 bits per heavy atom. The van der Waals surface area contributed by atoms with E-state index in [1.54, 1.807) is 13.2 Å². The van der Waals surface area contributed by atoms with Gasteiger partial charge in [-0.15, -0.1) is 5.10 Å². The summed E-state index contributed by atoms with van der Waals surface area (Å²) < 4.78 is 26.9. The third kappa shape index (κ3) is 6.58. The summed E-state index contributed by atoms with van der Waals surface area (Å²) in [5, 5.41) is 30.7. The first-order chi connectivity index (χ1) is 21.8. The van der Waals surface area contributed by atoms with Crippen molar-refractivity contribution in [3.05, 3.63) is 35.2 Å². The Labute approximate surface area is 272 Å². The number of aromatic nitrogens is 4. The Morgan fingerprint density at radius 3 is 2.67 bits per heavy atom. The number of methoxy groups -OCH3 is 1. The van der Waals surface area contributed by atoms with Gasteiger partial charge in [-0.3, -0.25) is 5.32 Å². The predicted octanol–water partition coefficient (Wildman–Crippen LogP) is 2.97. The predicted molar refractivity (Wildman–Crippen MR) is 172 cm³/mol. The normalized spacial score (nSPS) is 28.7. The van der Waals surface area contributed by atoms with Crippen LogP contribution in [-0.2, 0) is 33.4 Å². The second-order valence-corrected chi connectivity index (χ2v) is 15.5. The Bertz CT molecular complexity index is 1390. The van der Waals surface area contributed by atoms with Gasteiger partial charge in [-0.1, -0.05) is 26.0 Å². The van der Waals surface area contributed by atoms with Crippen molar-refractivity contribution in [2.24, 2.45) is 23.2 Å². The van der Waals surface area contributed by atoms with E-state index in [1.165, 1.54) is 0 Å². The summed E-state index contributed by atoms with van der Waals surface area (Å²) in [6.45, 7) is 15.1. The second kappa shape index (κ2) is 12.8. The van der Waals surface area contributed by atoms with Gasteiger partial charge in [0.05, 0.1) is 18.8 Å². The molecule has 0 spiro atoms. The highest BCUT2D eigenvalue weighted by Crippen LogP contribution is 2.65. The maximum atomic E-state index is 13.1. The number of nitrogens with zero attached hydrogens (tertiary/aromatic N) is 4. The van der Waals surface area contributed by atoms with Crippen molar-refractivity contribution in [2.45, 2.75) is 116 Å². The highest BCUT2D eigenvalue weighted by Gasteiger charge is 2.68. The lowest BCUT2D eigenvalue weighted by atomic mass is 9.43. The number of piperidine rings is 1. The fraction of sp³-hybridized carbons (Fsp3) is 0.758. The summed E-state index contributed by atoms with van der Waals surface area (Å²) >= 11 is 0. The van der Waals surface area contributed by atoms with Crippen molar-refractivity contribution in [3.63, 3.8) is 0 Å². The number of tetrazole rings is 1. The van der Waals surface area contributed by atoms with Crippen molar-refractivity contribution in [3.8, 4) is 5.75 Å². The monoisotopic (exact) mass is 638 g/mol. The molecule has 3 aliphatic carbocycles. The second-order valence-electron chi connectivity index (χ2n) is 15.5. The van der Waals surface area contributed by atoms with Crippen LogP contribution >= 0.6 is 0 Å². The van der Waals surface area contributed by atoms with E-state index in [-0.39, 0.29) is 17.9 Å². The number of aliphatic hydroxyl groups excluding tert-OH is 1. The first-order valence-electron chi connectivity index (χ1n) is 16.9.